The van der Waals surface area contributed by atoms with Gasteiger partial charge in [-0.05, 0) is 36.8 Å². The molecule has 3 aromatic rings. The van der Waals surface area contributed by atoms with Crippen LogP contribution in [0.3, 0.4) is 0 Å². The van der Waals surface area contributed by atoms with Crippen molar-refractivity contribution in [2.45, 2.75) is 6.42 Å². The van der Waals surface area contributed by atoms with Gasteiger partial charge in [0.2, 0.25) is 5.88 Å². The number of benzene rings is 1. The van der Waals surface area contributed by atoms with E-state index in [1.807, 2.05) is 19.2 Å². The highest BCUT2D eigenvalue weighted by atomic mass is 19.1. The highest BCUT2D eigenvalue weighted by Crippen LogP contribution is 2.28. The van der Waals surface area contributed by atoms with Gasteiger partial charge in [-0.15, -0.1) is 5.10 Å². The molecular weight excluding hydrogens is 351 g/mol. The van der Waals surface area contributed by atoms with Gasteiger partial charge in [0.05, 0.1) is 30.3 Å². The van der Waals surface area contributed by atoms with Crippen molar-refractivity contribution in [3.8, 4) is 5.88 Å². The van der Waals surface area contributed by atoms with Crippen LogP contribution in [0.4, 0.5) is 10.1 Å². The molecule has 2 aromatic heterocycles. The summed E-state index contributed by atoms with van der Waals surface area (Å²) in [7, 11) is 1.82. The van der Waals surface area contributed by atoms with E-state index in [1.165, 1.54) is 12.1 Å². The van der Waals surface area contributed by atoms with E-state index in [2.05, 4.69) is 15.4 Å². The number of carbonyl (C=O) groups is 1. The molecule has 1 unspecified atom stereocenters. The summed E-state index contributed by atoms with van der Waals surface area (Å²) in [6.45, 7) is 2.07. The number of fused-ring (bicyclic) bond motifs is 1. The summed E-state index contributed by atoms with van der Waals surface area (Å²) >= 11 is 0. The SMILES string of the molecule is Cn1nc(OCC2CCOC2)c2ccc(NC(=O)c3ccc(F)cn3)cc21. The number of halogens is 1. The summed E-state index contributed by atoms with van der Waals surface area (Å²) in [4.78, 5) is 16.0. The van der Waals surface area contributed by atoms with Gasteiger partial charge in [0, 0.05) is 25.3 Å². The van der Waals surface area contributed by atoms with Crippen LogP contribution in [0.1, 0.15) is 16.9 Å². The Labute approximate surface area is 155 Å². The molecule has 0 radical (unpaired) electrons. The van der Waals surface area contributed by atoms with Gasteiger partial charge in [-0.1, -0.05) is 0 Å². The largest absolute Gasteiger partial charge is 0.476 e. The van der Waals surface area contributed by atoms with Crippen LogP contribution < -0.4 is 10.1 Å². The van der Waals surface area contributed by atoms with Crippen LogP contribution in [0.2, 0.25) is 0 Å². The molecule has 1 aromatic carbocycles. The third-order valence-electron chi connectivity index (χ3n) is 4.52. The Morgan fingerprint density at radius 2 is 2.30 bits per heavy atom. The Balaban J connectivity index is 1.51. The normalized spacial score (nSPS) is 16.6. The monoisotopic (exact) mass is 370 g/mol. The summed E-state index contributed by atoms with van der Waals surface area (Å²) in [6, 6.07) is 7.99. The van der Waals surface area contributed by atoms with Crippen LogP contribution in [0, 0.1) is 11.7 Å². The van der Waals surface area contributed by atoms with Crippen LogP contribution in [0.25, 0.3) is 10.9 Å². The fourth-order valence-corrected chi connectivity index (χ4v) is 3.03. The summed E-state index contributed by atoms with van der Waals surface area (Å²) < 4.78 is 25.9. The van der Waals surface area contributed by atoms with E-state index in [0.717, 1.165) is 36.7 Å². The van der Waals surface area contributed by atoms with Crippen LogP contribution >= 0.6 is 0 Å². The summed E-state index contributed by atoms with van der Waals surface area (Å²) in [5, 5.41) is 8.06. The quantitative estimate of drug-likeness (QED) is 0.747. The van der Waals surface area contributed by atoms with Crippen LogP contribution in [-0.4, -0.2) is 40.5 Å². The number of ether oxygens (including phenoxy) is 2. The zero-order valence-corrected chi connectivity index (χ0v) is 14.8. The van der Waals surface area contributed by atoms with Crippen LogP contribution in [0.15, 0.2) is 36.5 Å². The lowest BCUT2D eigenvalue weighted by molar-refractivity contribution is 0.102. The van der Waals surface area contributed by atoms with Crippen molar-refractivity contribution < 1.29 is 18.7 Å². The first-order valence-electron chi connectivity index (χ1n) is 8.70. The third kappa shape index (κ3) is 3.75. The van der Waals surface area contributed by atoms with E-state index < -0.39 is 11.7 Å². The minimum atomic E-state index is -0.487. The second-order valence-corrected chi connectivity index (χ2v) is 6.52. The second kappa shape index (κ2) is 7.32. The number of aromatic nitrogens is 3. The molecule has 3 heterocycles. The Kier molecular flexibility index (Phi) is 4.72. The molecule has 4 rings (SSSR count). The smallest absolute Gasteiger partial charge is 0.274 e. The van der Waals surface area contributed by atoms with Crippen molar-refractivity contribution in [2.75, 3.05) is 25.1 Å². The molecule has 1 saturated heterocycles. The van der Waals surface area contributed by atoms with Crippen molar-refractivity contribution in [3.63, 3.8) is 0 Å². The average Bonchev–Trinajstić information content (AvgIpc) is 3.29. The Hall–Kier alpha value is -3.00. The van der Waals surface area contributed by atoms with Gasteiger partial charge in [-0.3, -0.25) is 9.48 Å². The number of hydrogen-bond acceptors (Lipinski definition) is 5. The first-order valence-corrected chi connectivity index (χ1v) is 8.70. The average molecular weight is 370 g/mol. The van der Waals surface area contributed by atoms with Gasteiger partial charge in [0.1, 0.15) is 11.5 Å². The fraction of sp³-hybridized carbons (Fsp3) is 0.316. The molecule has 1 amide bonds. The lowest BCUT2D eigenvalue weighted by Gasteiger charge is -2.08. The maximum absolute atomic E-state index is 12.9. The van der Waals surface area contributed by atoms with Crippen molar-refractivity contribution in [1.82, 2.24) is 14.8 Å². The van der Waals surface area contributed by atoms with Gasteiger partial charge in [-0.2, -0.15) is 0 Å². The second-order valence-electron chi connectivity index (χ2n) is 6.52. The molecule has 0 bridgehead atoms. The summed E-state index contributed by atoms with van der Waals surface area (Å²) in [5.74, 6) is 0.0649. The zero-order chi connectivity index (χ0) is 18.8. The number of aryl methyl sites for hydroxylation is 1. The molecule has 1 aliphatic heterocycles. The van der Waals surface area contributed by atoms with E-state index in [-0.39, 0.29) is 5.69 Å². The molecule has 1 fully saturated rings. The van der Waals surface area contributed by atoms with Crippen LogP contribution in [0.5, 0.6) is 5.88 Å². The number of rotatable bonds is 5. The minimum Gasteiger partial charge on any atom is -0.476 e. The number of nitrogens with zero attached hydrogens (tertiary/aromatic N) is 3. The standard InChI is InChI=1S/C19H19FN4O3/c1-24-17-8-14(22-18(25)16-5-2-13(20)9-21-16)3-4-15(17)19(23-24)27-11-12-6-7-26-10-12/h2-5,8-9,12H,6-7,10-11H2,1H3,(H,22,25). The first kappa shape index (κ1) is 17.4. The topological polar surface area (TPSA) is 78.3 Å². The van der Waals surface area contributed by atoms with E-state index in [4.69, 9.17) is 9.47 Å². The number of carbonyl (C=O) groups excluding carboxylic acids is 1. The molecule has 0 aliphatic carbocycles. The van der Waals surface area contributed by atoms with Crippen molar-refractivity contribution in [3.05, 3.63) is 48.0 Å². The lowest BCUT2D eigenvalue weighted by Crippen LogP contribution is -2.13. The van der Waals surface area contributed by atoms with Crippen molar-refractivity contribution in [2.24, 2.45) is 13.0 Å². The van der Waals surface area contributed by atoms with Gasteiger partial charge in [0.25, 0.3) is 5.91 Å². The fourth-order valence-electron chi connectivity index (χ4n) is 3.03. The van der Waals surface area contributed by atoms with E-state index in [1.54, 1.807) is 10.7 Å². The molecule has 0 spiro atoms. The predicted octanol–water partition coefficient (Wildman–Crippen LogP) is 2.78. The first-order chi connectivity index (χ1) is 13.1. The van der Waals surface area contributed by atoms with E-state index in [0.29, 0.717) is 24.1 Å². The molecule has 1 atom stereocenters. The van der Waals surface area contributed by atoms with Gasteiger partial charge in [-0.25, -0.2) is 9.37 Å². The molecule has 1 aliphatic rings. The molecule has 7 nitrogen and oxygen atoms in total. The molecule has 1 N–H and O–H groups in total. The highest BCUT2D eigenvalue weighted by Gasteiger charge is 2.18. The summed E-state index contributed by atoms with van der Waals surface area (Å²) in [6.07, 6.45) is 2.01. The third-order valence-corrected chi connectivity index (χ3v) is 4.52. The zero-order valence-electron chi connectivity index (χ0n) is 14.8. The van der Waals surface area contributed by atoms with Crippen LogP contribution in [-0.2, 0) is 11.8 Å². The van der Waals surface area contributed by atoms with E-state index in [9.17, 15) is 9.18 Å². The van der Waals surface area contributed by atoms with Crippen molar-refractivity contribution in [1.29, 1.82) is 0 Å². The van der Waals surface area contributed by atoms with Crippen molar-refractivity contribution >= 4 is 22.5 Å². The molecule has 8 heteroatoms. The van der Waals surface area contributed by atoms with Gasteiger partial charge < -0.3 is 14.8 Å². The Morgan fingerprint density at radius 1 is 1.41 bits per heavy atom. The minimum absolute atomic E-state index is 0.143. The number of pyridine rings is 1. The number of hydrogen-bond donors (Lipinski definition) is 1. The van der Waals surface area contributed by atoms with E-state index >= 15 is 0 Å². The van der Waals surface area contributed by atoms with Gasteiger partial charge in [0.15, 0.2) is 0 Å². The predicted molar refractivity (Wildman–Crippen MR) is 97.3 cm³/mol. The number of amides is 1. The molecule has 0 saturated carbocycles. The highest BCUT2D eigenvalue weighted by molar-refractivity contribution is 6.03. The maximum Gasteiger partial charge on any atom is 0.274 e. The van der Waals surface area contributed by atoms with Gasteiger partial charge >= 0.3 is 0 Å². The molecule has 27 heavy (non-hydrogen) atoms. The lowest BCUT2D eigenvalue weighted by atomic mass is 10.1. The Morgan fingerprint density at radius 3 is 3.04 bits per heavy atom. The molecule has 140 valence electrons. The number of nitrogens with one attached hydrogen (secondary N) is 1. The molecular formula is C19H19FN4O3. The Bertz CT molecular complexity index is 965. The number of anilines is 1. The maximum atomic E-state index is 12.9. The summed E-state index contributed by atoms with van der Waals surface area (Å²) in [5.41, 5.74) is 1.57.